The number of nitrogens with one attached hydrogen (secondary N) is 2. The van der Waals surface area contributed by atoms with Gasteiger partial charge in [-0.05, 0) is 50.6 Å². The second-order valence-corrected chi connectivity index (χ2v) is 13.6. The molecule has 2 N–H and O–H groups in total. The van der Waals surface area contributed by atoms with Crippen molar-refractivity contribution < 1.29 is 14.3 Å². The van der Waals surface area contributed by atoms with E-state index in [-0.39, 0.29) is 12.0 Å². The fourth-order valence-corrected chi connectivity index (χ4v) is 6.14. The van der Waals surface area contributed by atoms with E-state index < -0.39 is 5.60 Å². The number of nitrogens with zero attached hydrogens (tertiary/aromatic N) is 4. The number of hydrogen-bond donors (Lipinski definition) is 2. The number of piperazine rings is 1. The number of halogens is 2. The Balaban J connectivity index is 1.27. The van der Waals surface area contributed by atoms with Crippen molar-refractivity contribution in [2.75, 3.05) is 39.3 Å². The molecule has 0 atom stereocenters. The third-order valence-corrected chi connectivity index (χ3v) is 8.60. The fraction of sp³-hybridized carbons (Fsp3) is 0.306. The lowest BCUT2D eigenvalue weighted by atomic mass is 10.0. The molecule has 2 amide bonds. The maximum Gasteiger partial charge on any atom is 0.410 e. The summed E-state index contributed by atoms with van der Waals surface area (Å²) in [5.74, 6) is -0.224. The van der Waals surface area contributed by atoms with E-state index in [1.807, 2.05) is 99.9 Å². The number of fused-ring (bicyclic) bond motifs is 1. The van der Waals surface area contributed by atoms with Gasteiger partial charge in [0.2, 0.25) is 0 Å². The van der Waals surface area contributed by atoms with Crippen LogP contribution >= 0.6 is 23.2 Å². The van der Waals surface area contributed by atoms with Crippen molar-refractivity contribution in [3.8, 4) is 22.5 Å². The first-order chi connectivity index (χ1) is 22.6. The second kappa shape index (κ2) is 13.8. The van der Waals surface area contributed by atoms with Crippen LogP contribution in [0.1, 0.15) is 36.8 Å². The first kappa shape index (κ1) is 32.6. The summed E-state index contributed by atoms with van der Waals surface area (Å²) in [6.45, 7) is 9.79. The highest BCUT2D eigenvalue weighted by Gasteiger charge is 2.28. The Labute approximate surface area is 284 Å². The van der Waals surface area contributed by atoms with E-state index in [1.54, 1.807) is 4.90 Å². The Morgan fingerprint density at radius 1 is 0.936 bits per heavy atom. The Morgan fingerprint density at radius 3 is 2.34 bits per heavy atom. The van der Waals surface area contributed by atoms with E-state index in [0.29, 0.717) is 61.6 Å². The zero-order valence-electron chi connectivity index (χ0n) is 26.7. The lowest BCUT2D eigenvalue weighted by molar-refractivity contribution is 0.0147. The molecule has 244 valence electrons. The summed E-state index contributed by atoms with van der Waals surface area (Å²) in [5, 5.41) is 5.24. The van der Waals surface area contributed by atoms with E-state index in [0.717, 1.165) is 39.0 Å². The van der Waals surface area contributed by atoms with Crippen LogP contribution in [-0.4, -0.2) is 81.2 Å². The molecule has 5 aromatic rings. The normalized spacial score (nSPS) is 14.0. The molecule has 6 rings (SSSR count). The van der Waals surface area contributed by atoms with Crippen molar-refractivity contribution in [1.82, 2.24) is 29.7 Å². The van der Waals surface area contributed by atoms with Gasteiger partial charge in [-0.1, -0.05) is 71.7 Å². The molecule has 3 heterocycles. The van der Waals surface area contributed by atoms with Crippen molar-refractivity contribution in [2.24, 2.45) is 0 Å². The number of carbonyl (C=O) groups excluding carboxylic acids is 2. The van der Waals surface area contributed by atoms with E-state index in [9.17, 15) is 9.59 Å². The van der Waals surface area contributed by atoms with E-state index in [2.05, 4.69) is 19.8 Å². The van der Waals surface area contributed by atoms with Gasteiger partial charge in [-0.15, -0.1) is 0 Å². The Bertz CT molecular complexity index is 1870. The maximum atomic E-state index is 14.0. The average Bonchev–Trinajstić information content (AvgIpc) is 3.62. The second-order valence-electron chi connectivity index (χ2n) is 12.7. The number of carbonyl (C=O) groups is 2. The van der Waals surface area contributed by atoms with Crippen LogP contribution in [-0.2, 0) is 11.3 Å². The molecule has 1 saturated heterocycles. The number of rotatable bonds is 8. The predicted octanol–water partition coefficient (Wildman–Crippen LogP) is 7.34. The highest BCUT2D eigenvalue weighted by molar-refractivity contribution is 6.31. The zero-order chi connectivity index (χ0) is 33.1. The van der Waals surface area contributed by atoms with Crippen molar-refractivity contribution >= 4 is 46.1 Å². The molecule has 1 aliphatic rings. The fourth-order valence-electron chi connectivity index (χ4n) is 5.84. The largest absolute Gasteiger partial charge is 0.444 e. The van der Waals surface area contributed by atoms with Gasteiger partial charge in [-0.2, -0.15) is 0 Å². The van der Waals surface area contributed by atoms with Crippen LogP contribution in [0.3, 0.4) is 0 Å². The first-order valence-corrected chi connectivity index (χ1v) is 16.5. The molecule has 0 unspecified atom stereocenters. The van der Waals surface area contributed by atoms with Gasteiger partial charge in [-0.3, -0.25) is 9.69 Å². The number of H-pyrrole nitrogens is 1. The molecule has 47 heavy (non-hydrogen) atoms. The van der Waals surface area contributed by atoms with Gasteiger partial charge in [0.15, 0.2) is 0 Å². The van der Waals surface area contributed by atoms with E-state index in [4.69, 9.17) is 32.9 Å². The summed E-state index contributed by atoms with van der Waals surface area (Å²) in [5.41, 5.74) is 5.01. The highest BCUT2D eigenvalue weighted by Crippen LogP contribution is 2.39. The van der Waals surface area contributed by atoms with Crippen molar-refractivity contribution in [3.05, 3.63) is 100 Å². The van der Waals surface area contributed by atoms with Crippen molar-refractivity contribution in [2.45, 2.75) is 32.9 Å². The SMILES string of the molecule is CC(C)(C)OC(=O)N1CCN(CCNC(=O)c2[nH]c3cc(Cl)ccc3c2-c2c(-c3ccccc3)ncn2Cc2ccc(Cl)cc2)CC1. The molecule has 0 bridgehead atoms. The standard InChI is InChI=1S/C36H38Cl2N6O3/c1-36(2,3)47-35(46)43-19-17-42(18-20-43)16-15-39-34(45)32-30(28-14-13-27(38)21-29(28)41-32)33-31(25-7-5-4-6-8-25)40-23-44(33)22-24-9-11-26(37)12-10-24/h4-14,21,23,41H,15-20,22H2,1-3H3,(H,39,45). The average molecular weight is 674 g/mol. The molecule has 0 saturated carbocycles. The first-order valence-electron chi connectivity index (χ1n) is 15.7. The van der Waals surface area contributed by atoms with Gasteiger partial charge >= 0.3 is 6.09 Å². The predicted molar refractivity (Wildman–Crippen MR) is 187 cm³/mol. The molecule has 9 nitrogen and oxygen atoms in total. The monoisotopic (exact) mass is 672 g/mol. The number of imidazole rings is 1. The van der Waals surface area contributed by atoms with Crippen LogP contribution in [0.15, 0.2) is 79.1 Å². The molecule has 0 aliphatic carbocycles. The number of benzene rings is 3. The van der Waals surface area contributed by atoms with Crippen LogP contribution < -0.4 is 5.32 Å². The maximum absolute atomic E-state index is 14.0. The Kier molecular flexibility index (Phi) is 9.59. The molecular formula is C36H38Cl2N6O3. The van der Waals surface area contributed by atoms with Crippen molar-refractivity contribution in [3.63, 3.8) is 0 Å². The number of hydrogen-bond acceptors (Lipinski definition) is 5. The van der Waals surface area contributed by atoms with Crippen molar-refractivity contribution in [1.29, 1.82) is 0 Å². The summed E-state index contributed by atoms with van der Waals surface area (Å²) < 4.78 is 7.59. The Hall–Kier alpha value is -4.31. The lowest BCUT2D eigenvalue weighted by Crippen LogP contribution is -2.51. The van der Waals surface area contributed by atoms with E-state index >= 15 is 0 Å². The van der Waals surface area contributed by atoms with Crippen LogP contribution in [0, 0.1) is 0 Å². The minimum absolute atomic E-state index is 0.224. The Morgan fingerprint density at radius 2 is 1.64 bits per heavy atom. The van der Waals surface area contributed by atoms with Crippen LogP contribution in [0.25, 0.3) is 33.4 Å². The van der Waals surface area contributed by atoms with Crippen LogP contribution in [0.4, 0.5) is 4.79 Å². The third-order valence-electron chi connectivity index (χ3n) is 8.11. The van der Waals surface area contributed by atoms with Gasteiger partial charge in [0.1, 0.15) is 11.3 Å². The molecule has 2 aromatic heterocycles. The molecule has 0 spiro atoms. The summed E-state index contributed by atoms with van der Waals surface area (Å²) in [7, 11) is 0. The lowest BCUT2D eigenvalue weighted by Gasteiger charge is -2.35. The minimum Gasteiger partial charge on any atom is -0.444 e. The summed E-state index contributed by atoms with van der Waals surface area (Å²) >= 11 is 12.6. The number of ether oxygens (including phenoxy) is 1. The highest BCUT2D eigenvalue weighted by atomic mass is 35.5. The third kappa shape index (κ3) is 7.64. The van der Waals surface area contributed by atoms with Gasteiger partial charge in [0.05, 0.1) is 17.7 Å². The molecule has 1 fully saturated rings. The molecule has 3 aromatic carbocycles. The zero-order valence-corrected chi connectivity index (χ0v) is 28.2. The summed E-state index contributed by atoms with van der Waals surface area (Å²) in [6.07, 6.45) is 1.53. The van der Waals surface area contributed by atoms with Gasteiger partial charge in [-0.25, -0.2) is 9.78 Å². The minimum atomic E-state index is -0.527. The number of aromatic amines is 1. The number of amides is 2. The van der Waals surface area contributed by atoms with Gasteiger partial charge < -0.3 is 24.5 Å². The summed E-state index contributed by atoms with van der Waals surface area (Å²) in [4.78, 5) is 38.6. The van der Waals surface area contributed by atoms with E-state index in [1.165, 1.54) is 0 Å². The topological polar surface area (TPSA) is 95.5 Å². The van der Waals surface area contributed by atoms with Crippen LogP contribution in [0.2, 0.25) is 10.0 Å². The quantitative estimate of drug-likeness (QED) is 0.180. The van der Waals surface area contributed by atoms with Gasteiger partial charge in [0, 0.05) is 77.9 Å². The molecule has 11 heteroatoms. The summed E-state index contributed by atoms with van der Waals surface area (Å²) in [6, 6.07) is 23.3. The molecule has 1 aliphatic heterocycles. The van der Waals surface area contributed by atoms with Gasteiger partial charge in [0.25, 0.3) is 5.91 Å². The smallest absolute Gasteiger partial charge is 0.410 e. The number of aromatic nitrogens is 3. The van der Waals surface area contributed by atoms with Crippen LogP contribution in [0.5, 0.6) is 0 Å². The molecule has 0 radical (unpaired) electrons. The molecular weight excluding hydrogens is 635 g/mol.